The van der Waals surface area contributed by atoms with Gasteiger partial charge in [-0.15, -0.1) is 11.3 Å². The van der Waals surface area contributed by atoms with Crippen LogP contribution in [0.15, 0.2) is 42.3 Å². The number of nitrogens with zero attached hydrogens (tertiary/aromatic N) is 5. The molecule has 1 saturated carbocycles. The molecule has 7 rings (SSSR count). The Morgan fingerprint density at radius 2 is 1.91 bits per heavy atom. The fraction of sp³-hybridized carbons (Fsp3) is 0.412. The molecule has 0 bridgehead atoms. The molecule has 3 aromatic heterocycles. The van der Waals surface area contributed by atoms with Crippen molar-refractivity contribution in [2.45, 2.75) is 39.4 Å². The van der Waals surface area contributed by atoms with Gasteiger partial charge < -0.3 is 24.6 Å². The summed E-state index contributed by atoms with van der Waals surface area (Å²) in [7, 11) is 1.52. The molecule has 5 heterocycles. The van der Waals surface area contributed by atoms with Crippen LogP contribution in [-0.4, -0.2) is 78.0 Å². The van der Waals surface area contributed by atoms with Gasteiger partial charge in [0.1, 0.15) is 41.2 Å². The molecule has 2 aliphatic heterocycles. The number of halogens is 2. The summed E-state index contributed by atoms with van der Waals surface area (Å²) in [5.41, 5.74) is 2.30. The molecule has 0 spiro atoms. The van der Waals surface area contributed by atoms with Crippen molar-refractivity contribution in [3.63, 3.8) is 0 Å². The number of carbonyl (C=O) groups is 2. The summed E-state index contributed by atoms with van der Waals surface area (Å²) in [6.07, 6.45) is 2.06. The SMILES string of the molecule is C=CC(=O)N1CCn2nc(-c3nc(N4CC5C(C4)C5NC=O)c4ccsc4c3-c3c(F)cc(F)cc3OCCOC)cc2C1C.CC. The van der Waals surface area contributed by atoms with Gasteiger partial charge in [-0.05, 0) is 30.5 Å². The van der Waals surface area contributed by atoms with Crippen molar-refractivity contribution in [2.75, 3.05) is 44.9 Å². The van der Waals surface area contributed by atoms with Crippen LogP contribution >= 0.6 is 11.3 Å². The van der Waals surface area contributed by atoms with Crippen molar-refractivity contribution in [2.24, 2.45) is 11.8 Å². The topological polar surface area (TPSA) is 102 Å². The maximum atomic E-state index is 16.0. The minimum atomic E-state index is -0.779. The molecule has 1 aromatic carbocycles. The lowest BCUT2D eigenvalue weighted by Crippen LogP contribution is -2.40. The fourth-order valence-electron chi connectivity index (χ4n) is 6.87. The average molecular weight is 665 g/mol. The molecule has 3 aliphatic rings. The Morgan fingerprint density at radius 3 is 2.62 bits per heavy atom. The number of ether oxygens (including phenoxy) is 2. The molecular weight excluding hydrogens is 626 g/mol. The standard InChI is InChI=1S/C32H32F2N6O4S.C2H6/c1-4-26(42)39-6-7-40-24(17(39)2)13-23(37-40)30-28(27-22(34)11-18(33)12-25(27)44-9-8-43-3)31-19(5-10-45-31)32(36-30)38-14-20-21(15-38)29(20)35-16-41;1-2/h4-5,10-13,16-17,20-21,29H,1,6-9,14-15H2,2-3H3,(H,35,41);1-2H3. The Balaban J connectivity index is 0.00000190. The average Bonchev–Trinajstić information content (AvgIpc) is 3.56. The molecule has 13 heteroatoms. The largest absolute Gasteiger partial charge is 0.490 e. The van der Waals surface area contributed by atoms with Gasteiger partial charge in [0.05, 0.1) is 30.5 Å². The first-order chi connectivity index (χ1) is 22.8. The lowest BCUT2D eigenvalue weighted by atomic mass is 9.98. The van der Waals surface area contributed by atoms with Crippen molar-refractivity contribution in [3.05, 3.63) is 59.6 Å². The van der Waals surface area contributed by atoms with Crippen molar-refractivity contribution < 1.29 is 27.8 Å². The zero-order valence-electron chi connectivity index (χ0n) is 26.8. The van der Waals surface area contributed by atoms with Crippen LogP contribution in [0.4, 0.5) is 14.6 Å². The molecule has 3 atom stereocenters. The van der Waals surface area contributed by atoms with E-state index in [0.717, 1.165) is 47.2 Å². The van der Waals surface area contributed by atoms with Gasteiger partial charge in [-0.25, -0.2) is 13.8 Å². The molecule has 1 aliphatic carbocycles. The van der Waals surface area contributed by atoms with Gasteiger partial charge in [-0.1, -0.05) is 20.4 Å². The smallest absolute Gasteiger partial charge is 0.246 e. The molecule has 0 radical (unpaired) electrons. The van der Waals surface area contributed by atoms with Crippen LogP contribution in [0.3, 0.4) is 0 Å². The number of pyridine rings is 1. The molecule has 3 unspecified atom stereocenters. The van der Waals surface area contributed by atoms with Crippen molar-refractivity contribution in [3.8, 4) is 28.3 Å². The molecule has 2 fully saturated rings. The lowest BCUT2D eigenvalue weighted by Gasteiger charge is -2.33. The Bertz CT molecular complexity index is 1810. The predicted octanol–water partition coefficient (Wildman–Crippen LogP) is 5.43. The molecule has 1 saturated heterocycles. The third kappa shape index (κ3) is 5.75. The first-order valence-corrected chi connectivity index (χ1v) is 16.7. The summed E-state index contributed by atoms with van der Waals surface area (Å²) < 4.78 is 44.2. The minimum Gasteiger partial charge on any atom is -0.490 e. The van der Waals surface area contributed by atoms with E-state index < -0.39 is 11.6 Å². The summed E-state index contributed by atoms with van der Waals surface area (Å²) in [6.45, 7) is 12.3. The van der Waals surface area contributed by atoms with Crippen LogP contribution in [0, 0.1) is 23.5 Å². The Hall–Kier alpha value is -4.36. The molecule has 10 nitrogen and oxygen atoms in total. The third-order valence-electron chi connectivity index (χ3n) is 9.12. The van der Waals surface area contributed by atoms with E-state index in [4.69, 9.17) is 19.6 Å². The zero-order valence-corrected chi connectivity index (χ0v) is 27.7. The number of hydrogen-bond acceptors (Lipinski definition) is 8. The first-order valence-electron chi connectivity index (χ1n) is 15.8. The highest BCUT2D eigenvalue weighted by Gasteiger charge is 2.56. The van der Waals surface area contributed by atoms with Gasteiger partial charge in [-0.2, -0.15) is 5.10 Å². The maximum Gasteiger partial charge on any atom is 0.246 e. The Morgan fingerprint density at radius 1 is 1.15 bits per heavy atom. The van der Waals surface area contributed by atoms with Crippen LogP contribution in [-0.2, 0) is 20.9 Å². The second-order valence-corrected chi connectivity index (χ2v) is 12.5. The highest BCUT2D eigenvalue weighted by Crippen LogP contribution is 2.51. The van der Waals surface area contributed by atoms with Crippen LogP contribution in [0.1, 0.15) is 32.5 Å². The second kappa shape index (κ2) is 13.4. The van der Waals surface area contributed by atoms with Gasteiger partial charge in [0.2, 0.25) is 12.3 Å². The van der Waals surface area contributed by atoms with Gasteiger partial charge in [0.25, 0.3) is 0 Å². The number of carbonyl (C=O) groups excluding carboxylic acids is 2. The van der Waals surface area contributed by atoms with Gasteiger partial charge >= 0.3 is 0 Å². The fourth-order valence-corrected chi connectivity index (χ4v) is 7.81. The number of aromatic nitrogens is 3. The summed E-state index contributed by atoms with van der Waals surface area (Å²) in [5, 5.41) is 10.6. The second-order valence-electron chi connectivity index (χ2n) is 11.6. The van der Waals surface area contributed by atoms with E-state index in [0.29, 0.717) is 41.9 Å². The zero-order chi connectivity index (χ0) is 33.4. The minimum absolute atomic E-state index is 0.0420. The van der Waals surface area contributed by atoms with E-state index in [1.165, 1.54) is 30.6 Å². The van der Waals surface area contributed by atoms with Crippen LogP contribution < -0.4 is 15.0 Å². The van der Waals surface area contributed by atoms with Gasteiger partial charge in [-0.3, -0.25) is 14.3 Å². The monoisotopic (exact) mass is 664 g/mol. The maximum absolute atomic E-state index is 16.0. The lowest BCUT2D eigenvalue weighted by molar-refractivity contribution is -0.129. The number of methoxy groups -OCH3 is 1. The van der Waals surface area contributed by atoms with Crippen LogP contribution in [0.2, 0.25) is 0 Å². The summed E-state index contributed by atoms with van der Waals surface area (Å²) >= 11 is 1.44. The number of piperidine rings is 1. The van der Waals surface area contributed by atoms with E-state index in [9.17, 15) is 14.0 Å². The highest BCUT2D eigenvalue weighted by atomic mass is 32.1. The van der Waals surface area contributed by atoms with Crippen molar-refractivity contribution in [1.82, 2.24) is 25.0 Å². The number of hydrogen-bond donors (Lipinski definition) is 1. The van der Waals surface area contributed by atoms with Crippen molar-refractivity contribution in [1.29, 1.82) is 0 Å². The quantitative estimate of drug-likeness (QED) is 0.137. The molecule has 2 amide bonds. The number of anilines is 1. The first kappa shape index (κ1) is 32.6. The van der Waals surface area contributed by atoms with Crippen molar-refractivity contribution >= 4 is 39.6 Å². The summed E-state index contributed by atoms with van der Waals surface area (Å²) in [6, 6.07) is 5.77. The Labute approximate surface area is 276 Å². The van der Waals surface area contributed by atoms with Gasteiger partial charge in [0, 0.05) is 72.4 Å². The molecule has 248 valence electrons. The number of nitrogens with one attached hydrogen (secondary N) is 1. The van der Waals surface area contributed by atoms with E-state index in [-0.39, 0.29) is 42.5 Å². The normalized spacial score (nSPS) is 21.1. The number of rotatable bonds is 10. The summed E-state index contributed by atoms with van der Waals surface area (Å²) in [5.74, 6) is -0.256. The summed E-state index contributed by atoms with van der Waals surface area (Å²) in [4.78, 5) is 32.7. The third-order valence-corrected chi connectivity index (χ3v) is 10.0. The number of thiophene rings is 1. The number of amides is 2. The van der Waals surface area contributed by atoms with Gasteiger partial charge in [0.15, 0.2) is 0 Å². The van der Waals surface area contributed by atoms with E-state index >= 15 is 4.39 Å². The number of fused-ring (bicyclic) bond motifs is 3. The van der Waals surface area contributed by atoms with Crippen LogP contribution in [0.5, 0.6) is 5.75 Å². The van der Waals surface area contributed by atoms with E-state index in [2.05, 4.69) is 16.8 Å². The molecular formula is C34H38F2N6O4S. The van der Waals surface area contributed by atoms with Crippen LogP contribution in [0.25, 0.3) is 32.6 Å². The molecule has 4 aromatic rings. The highest BCUT2D eigenvalue weighted by molar-refractivity contribution is 7.18. The molecule has 47 heavy (non-hydrogen) atoms. The predicted molar refractivity (Wildman–Crippen MR) is 177 cm³/mol. The van der Waals surface area contributed by atoms with E-state index in [1.807, 2.05) is 43.0 Å². The number of benzene rings is 1. The Kier molecular flexibility index (Phi) is 9.29. The molecule has 1 N–H and O–H groups in total. The van der Waals surface area contributed by atoms with E-state index in [1.54, 1.807) is 4.90 Å².